The van der Waals surface area contributed by atoms with Crippen molar-refractivity contribution in [1.82, 2.24) is 10.3 Å². The number of nitrogens with zero attached hydrogens (tertiary/aromatic N) is 2. The minimum atomic E-state index is -0.120. The molecule has 0 aliphatic rings. The largest absolute Gasteiger partial charge is 0.349 e. The van der Waals surface area contributed by atoms with Crippen LogP contribution in [-0.4, -0.2) is 10.9 Å². The van der Waals surface area contributed by atoms with Gasteiger partial charge in [0.05, 0.1) is 29.8 Å². The zero-order chi connectivity index (χ0) is 18.5. The summed E-state index contributed by atoms with van der Waals surface area (Å²) in [6, 6.07) is 17.4. The van der Waals surface area contributed by atoms with Gasteiger partial charge < -0.3 is 5.32 Å². The molecule has 3 aromatic rings. The lowest BCUT2D eigenvalue weighted by Gasteiger charge is -2.14. The fourth-order valence-electron chi connectivity index (χ4n) is 2.69. The quantitative estimate of drug-likeness (QED) is 0.732. The first-order valence-electron chi connectivity index (χ1n) is 8.36. The van der Waals surface area contributed by atoms with Gasteiger partial charge in [0.15, 0.2) is 0 Å². The number of aryl methyl sites for hydroxylation is 1. The van der Waals surface area contributed by atoms with Crippen molar-refractivity contribution in [2.24, 2.45) is 0 Å². The average molecular weight is 361 g/mol. The summed E-state index contributed by atoms with van der Waals surface area (Å²) < 4.78 is 0. The van der Waals surface area contributed by atoms with E-state index < -0.39 is 0 Å². The van der Waals surface area contributed by atoms with E-state index in [0.717, 1.165) is 21.8 Å². The van der Waals surface area contributed by atoms with Gasteiger partial charge in [-0.05, 0) is 37.6 Å². The lowest BCUT2D eigenvalue weighted by molar-refractivity contribution is -0.121. The molecule has 0 saturated heterocycles. The van der Waals surface area contributed by atoms with Gasteiger partial charge in [-0.25, -0.2) is 4.98 Å². The molecule has 1 amide bonds. The Hall–Kier alpha value is -2.97. The lowest BCUT2D eigenvalue weighted by Crippen LogP contribution is -2.28. The molecule has 130 valence electrons. The molecule has 0 aliphatic heterocycles. The number of thiazole rings is 1. The Morgan fingerprint density at radius 1 is 1.27 bits per heavy atom. The lowest BCUT2D eigenvalue weighted by atomic mass is 10.1. The molecule has 4 nitrogen and oxygen atoms in total. The summed E-state index contributed by atoms with van der Waals surface area (Å²) in [5.41, 5.74) is 4.62. The van der Waals surface area contributed by atoms with Crippen molar-refractivity contribution in [2.75, 3.05) is 0 Å². The third-order valence-electron chi connectivity index (χ3n) is 4.08. The Morgan fingerprint density at radius 3 is 2.73 bits per heavy atom. The third-order valence-corrected chi connectivity index (χ3v) is 5.02. The first-order chi connectivity index (χ1) is 12.5. The fraction of sp³-hybridized carbons (Fsp3) is 0.190. The zero-order valence-corrected chi connectivity index (χ0v) is 15.5. The molecule has 3 rings (SSSR count). The van der Waals surface area contributed by atoms with Gasteiger partial charge in [-0.2, -0.15) is 5.26 Å². The highest BCUT2D eigenvalue weighted by molar-refractivity contribution is 7.13. The van der Waals surface area contributed by atoms with Crippen molar-refractivity contribution >= 4 is 17.2 Å². The Morgan fingerprint density at radius 2 is 2.04 bits per heavy atom. The van der Waals surface area contributed by atoms with Crippen LogP contribution >= 0.6 is 11.3 Å². The number of amides is 1. The maximum Gasteiger partial charge on any atom is 0.226 e. The summed E-state index contributed by atoms with van der Waals surface area (Å²) >= 11 is 1.55. The van der Waals surface area contributed by atoms with Gasteiger partial charge >= 0.3 is 0 Å². The Bertz CT molecular complexity index is 954. The number of aromatic nitrogens is 1. The van der Waals surface area contributed by atoms with Gasteiger partial charge in [0.2, 0.25) is 5.91 Å². The van der Waals surface area contributed by atoms with Crippen LogP contribution in [0.1, 0.15) is 35.3 Å². The summed E-state index contributed by atoms with van der Waals surface area (Å²) in [6.45, 7) is 3.98. The molecule has 1 unspecified atom stereocenters. The Kier molecular flexibility index (Phi) is 5.45. The summed E-state index contributed by atoms with van der Waals surface area (Å²) in [7, 11) is 0. The number of nitrogens with one attached hydrogen (secondary N) is 1. The predicted molar refractivity (Wildman–Crippen MR) is 104 cm³/mol. The average Bonchev–Trinajstić information content (AvgIpc) is 3.10. The van der Waals surface area contributed by atoms with Crippen LogP contribution in [0.5, 0.6) is 0 Å². The molecule has 0 saturated carbocycles. The summed E-state index contributed by atoms with van der Waals surface area (Å²) in [4.78, 5) is 16.9. The van der Waals surface area contributed by atoms with E-state index in [2.05, 4.69) is 35.4 Å². The van der Waals surface area contributed by atoms with Crippen LogP contribution in [-0.2, 0) is 11.2 Å². The Labute approximate surface area is 157 Å². The molecule has 2 aromatic carbocycles. The summed E-state index contributed by atoms with van der Waals surface area (Å²) in [5, 5.41) is 14.7. The smallest absolute Gasteiger partial charge is 0.226 e. The van der Waals surface area contributed by atoms with Crippen molar-refractivity contribution < 1.29 is 4.79 Å². The minimum absolute atomic E-state index is 0.0667. The topological polar surface area (TPSA) is 65.8 Å². The molecule has 1 heterocycles. The van der Waals surface area contributed by atoms with Crippen LogP contribution in [0.25, 0.3) is 10.6 Å². The van der Waals surface area contributed by atoms with E-state index in [4.69, 9.17) is 5.26 Å². The van der Waals surface area contributed by atoms with Gasteiger partial charge in [-0.15, -0.1) is 11.3 Å². The predicted octanol–water partition coefficient (Wildman–Crippen LogP) is 4.41. The number of hydrogen-bond donors (Lipinski definition) is 1. The highest BCUT2D eigenvalue weighted by atomic mass is 32.1. The van der Waals surface area contributed by atoms with Gasteiger partial charge in [-0.1, -0.05) is 35.9 Å². The van der Waals surface area contributed by atoms with Crippen LogP contribution in [0.2, 0.25) is 0 Å². The molecular weight excluding hydrogens is 342 g/mol. The standard InChI is InChI=1S/C21H19N3OS/c1-14-4-3-5-18(10-14)21-24-19(13-26-21)11-20(25)23-15(2)17-8-6-16(12-22)7-9-17/h3-10,13,15H,11H2,1-2H3,(H,23,25). The molecular formula is C21H19N3OS. The van der Waals surface area contributed by atoms with Gasteiger partial charge in [0.25, 0.3) is 0 Å². The second-order valence-electron chi connectivity index (χ2n) is 6.21. The van der Waals surface area contributed by atoms with E-state index in [1.54, 1.807) is 23.5 Å². The second-order valence-corrected chi connectivity index (χ2v) is 7.07. The van der Waals surface area contributed by atoms with E-state index in [1.807, 2.05) is 36.6 Å². The first-order valence-corrected chi connectivity index (χ1v) is 9.24. The number of benzene rings is 2. The van der Waals surface area contributed by atoms with Crippen LogP contribution in [0.4, 0.5) is 0 Å². The van der Waals surface area contributed by atoms with Crippen molar-refractivity contribution in [2.45, 2.75) is 26.3 Å². The maximum atomic E-state index is 12.3. The first kappa shape index (κ1) is 17.8. The number of carbonyl (C=O) groups is 1. The number of hydrogen-bond acceptors (Lipinski definition) is 4. The van der Waals surface area contributed by atoms with Crippen molar-refractivity contribution in [3.8, 4) is 16.6 Å². The maximum absolute atomic E-state index is 12.3. The Balaban J connectivity index is 1.62. The van der Waals surface area contributed by atoms with Crippen molar-refractivity contribution in [1.29, 1.82) is 5.26 Å². The number of rotatable bonds is 5. The van der Waals surface area contributed by atoms with Crippen LogP contribution in [0.15, 0.2) is 53.9 Å². The summed E-state index contributed by atoms with van der Waals surface area (Å²) in [6.07, 6.45) is 0.253. The molecule has 1 atom stereocenters. The SMILES string of the molecule is Cc1cccc(-c2nc(CC(=O)NC(C)c3ccc(C#N)cc3)cs2)c1. The van der Waals surface area contributed by atoms with E-state index >= 15 is 0 Å². The molecule has 1 N–H and O–H groups in total. The van der Waals surface area contributed by atoms with Crippen molar-refractivity contribution in [3.05, 3.63) is 76.3 Å². The van der Waals surface area contributed by atoms with E-state index in [0.29, 0.717) is 5.56 Å². The van der Waals surface area contributed by atoms with Gasteiger partial charge in [-0.3, -0.25) is 4.79 Å². The molecule has 26 heavy (non-hydrogen) atoms. The molecule has 0 spiro atoms. The molecule has 0 radical (unpaired) electrons. The minimum Gasteiger partial charge on any atom is -0.349 e. The zero-order valence-electron chi connectivity index (χ0n) is 14.7. The third kappa shape index (κ3) is 4.35. The molecule has 0 aliphatic carbocycles. The van der Waals surface area contributed by atoms with Crippen LogP contribution in [0.3, 0.4) is 0 Å². The monoisotopic (exact) mass is 361 g/mol. The molecule has 5 heteroatoms. The van der Waals surface area contributed by atoms with Crippen LogP contribution < -0.4 is 5.32 Å². The molecule has 1 aromatic heterocycles. The van der Waals surface area contributed by atoms with E-state index in [-0.39, 0.29) is 18.4 Å². The highest BCUT2D eigenvalue weighted by Crippen LogP contribution is 2.24. The highest BCUT2D eigenvalue weighted by Gasteiger charge is 2.13. The van der Waals surface area contributed by atoms with E-state index in [1.165, 1.54) is 5.56 Å². The number of nitriles is 1. The second kappa shape index (κ2) is 7.94. The van der Waals surface area contributed by atoms with E-state index in [9.17, 15) is 4.79 Å². The molecule has 0 fully saturated rings. The van der Waals surface area contributed by atoms with Crippen molar-refractivity contribution in [3.63, 3.8) is 0 Å². The number of carbonyl (C=O) groups excluding carboxylic acids is 1. The molecule has 0 bridgehead atoms. The summed E-state index contributed by atoms with van der Waals surface area (Å²) in [5.74, 6) is -0.0667. The fourth-order valence-corrected chi connectivity index (χ4v) is 3.50. The normalized spacial score (nSPS) is 11.6. The van der Waals surface area contributed by atoms with Crippen LogP contribution in [0, 0.1) is 18.3 Å². The van der Waals surface area contributed by atoms with Gasteiger partial charge in [0, 0.05) is 10.9 Å². The van der Waals surface area contributed by atoms with Gasteiger partial charge in [0.1, 0.15) is 5.01 Å².